The van der Waals surface area contributed by atoms with Crippen molar-refractivity contribution in [3.63, 3.8) is 0 Å². The Bertz CT molecular complexity index is 837. The largest absolute Gasteiger partial charge is 0.495 e. The van der Waals surface area contributed by atoms with Crippen LogP contribution in [-0.4, -0.2) is 41.3 Å². The fourth-order valence-corrected chi connectivity index (χ4v) is 5.40. The zero-order chi connectivity index (χ0) is 19.5. The molecular formula is C20H25ClN4O2S. The quantitative estimate of drug-likeness (QED) is 0.731. The van der Waals surface area contributed by atoms with E-state index < -0.39 is 0 Å². The molecule has 0 spiro atoms. The van der Waals surface area contributed by atoms with Gasteiger partial charge in [0.05, 0.1) is 12.8 Å². The first-order valence-corrected chi connectivity index (χ1v) is 11.1. The second-order valence-electron chi connectivity index (χ2n) is 7.52. The number of hydrogen-bond acceptors (Lipinski definition) is 5. The number of carbonyl (C=O) groups excluding carboxylic acids is 1. The number of anilines is 1. The first kappa shape index (κ1) is 19.5. The van der Waals surface area contributed by atoms with E-state index in [0.29, 0.717) is 28.9 Å². The zero-order valence-electron chi connectivity index (χ0n) is 16.0. The number of methoxy groups -OCH3 is 1. The molecule has 1 N–H and O–H groups in total. The van der Waals surface area contributed by atoms with E-state index in [1.807, 2.05) is 4.90 Å². The van der Waals surface area contributed by atoms with Crippen molar-refractivity contribution < 1.29 is 9.53 Å². The lowest BCUT2D eigenvalue weighted by Crippen LogP contribution is -2.41. The van der Waals surface area contributed by atoms with Crippen molar-refractivity contribution in [3.05, 3.63) is 33.2 Å². The topological polar surface area (TPSA) is 67.3 Å². The highest BCUT2D eigenvalue weighted by atomic mass is 35.5. The van der Waals surface area contributed by atoms with Gasteiger partial charge >= 0.3 is 6.03 Å². The van der Waals surface area contributed by atoms with E-state index >= 15 is 0 Å². The fourth-order valence-electron chi connectivity index (χ4n) is 4.08. The average Bonchev–Trinajstić information content (AvgIpc) is 3.40. The lowest BCUT2D eigenvalue weighted by molar-refractivity contribution is 0.192. The number of carbonyl (C=O) groups is 1. The maximum Gasteiger partial charge on any atom is 0.321 e. The van der Waals surface area contributed by atoms with Gasteiger partial charge in [0.15, 0.2) is 0 Å². The van der Waals surface area contributed by atoms with Crippen LogP contribution in [0.2, 0.25) is 5.02 Å². The predicted octanol–water partition coefficient (Wildman–Crippen LogP) is 5.27. The van der Waals surface area contributed by atoms with Crippen LogP contribution >= 0.6 is 22.9 Å². The molecule has 1 aliphatic carbocycles. The van der Waals surface area contributed by atoms with Crippen LogP contribution in [0.3, 0.4) is 0 Å². The first-order valence-electron chi connectivity index (χ1n) is 9.87. The Balaban J connectivity index is 1.42. The van der Waals surface area contributed by atoms with Gasteiger partial charge in [0, 0.05) is 29.9 Å². The van der Waals surface area contributed by atoms with E-state index in [1.165, 1.54) is 30.7 Å². The number of nitrogens with one attached hydrogen (secondary N) is 1. The third-order valence-corrected chi connectivity index (χ3v) is 7.10. The van der Waals surface area contributed by atoms with Crippen molar-refractivity contribution in [2.45, 2.75) is 50.4 Å². The van der Waals surface area contributed by atoms with Crippen molar-refractivity contribution in [1.29, 1.82) is 0 Å². The van der Waals surface area contributed by atoms with Gasteiger partial charge in [-0.15, -0.1) is 21.5 Å². The third-order valence-electron chi connectivity index (χ3n) is 5.62. The Labute approximate surface area is 174 Å². The summed E-state index contributed by atoms with van der Waals surface area (Å²) in [5, 5.41) is 14.7. The van der Waals surface area contributed by atoms with E-state index in [9.17, 15) is 4.79 Å². The zero-order valence-corrected chi connectivity index (χ0v) is 17.6. The molecule has 1 saturated carbocycles. The maximum atomic E-state index is 12.8. The summed E-state index contributed by atoms with van der Waals surface area (Å²) < 4.78 is 5.32. The molecule has 1 aromatic carbocycles. The Morgan fingerprint density at radius 1 is 1.18 bits per heavy atom. The van der Waals surface area contributed by atoms with Crippen molar-refractivity contribution in [2.24, 2.45) is 0 Å². The number of rotatable bonds is 4. The van der Waals surface area contributed by atoms with Gasteiger partial charge in [-0.25, -0.2) is 4.79 Å². The van der Waals surface area contributed by atoms with Crippen LogP contribution in [0.15, 0.2) is 18.2 Å². The van der Waals surface area contributed by atoms with Gasteiger partial charge in [-0.3, -0.25) is 0 Å². The molecule has 2 amide bonds. The normalized spacial score (nSPS) is 20.4. The van der Waals surface area contributed by atoms with Crippen LogP contribution in [0, 0.1) is 0 Å². The van der Waals surface area contributed by atoms with Gasteiger partial charge < -0.3 is 15.0 Å². The molecule has 150 valence electrons. The van der Waals surface area contributed by atoms with Gasteiger partial charge in [0.2, 0.25) is 0 Å². The summed E-state index contributed by atoms with van der Waals surface area (Å²) in [5.41, 5.74) is 0.585. The molecule has 2 aliphatic rings. The van der Waals surface area contributed by atoms with Gasteiger partial charge in [-0.2, -0.15) is 0 Å². The fraction of sp³-hybridized carbons (Fsp3) is 0.550. The molecule has 0 bridgehead atoms. The Hall–Kier alpha value is -1.86. The van der Waals surface area contributed by atoms with Crippen molar-refractivity contribution in [2.75, 3.05) is 25.5 Å². The van der Waals surface area contributed by atoms with Crippen molar-refractivity contribution >= 4 is 34.7 Å². The maximum absolute atomic E-state index is 12.8. The molecule has 2 heterocycles. The third kappa shape index (κ3) is 4.25. The molecule has 8 heteroatoms. The van der Waals surface area contributed by atoms with Crippen LogP contribution in [0.4, 0.5) is 10.5 Å². The van der Waals surface area contributed by atoms with Crippen molar-refractivity contribution in [3.8, 4) is 5.75 Å². The highest BCUT2D eigenvalue weighted by Gasteiger charge is 2.29. The van der Waals surface area contributed by atoms with Crippen LogP contribution in [0.1, 0.15) is 60.4 Å². The number of ether oxygens (including phenoxy) is 1. The summed E-state index contributed by atoms with van der Waals surface area (Å²) in [7, 11) is 1.58. The molecule has 1 saturated heterocycles. The summed E-state index contributed by atoms with van der Waals surface area (Å²) in [6.07, 6.45) is 7.06. The molecule has 1 aromatic heterocycles. The SMILES string of the molecule is COc1ccc(Cl)cc1NC(=O)N1CCCC(c2nnc(C3CCCC3)s2)C1. The first-order chi connectivity index (χ1) is 13.6. The van der Waals surface area contributed by atoms with Gasteiger partial charge in [-0.05, 0) is 43.9 Å². The number of likely N-dealkylation sites (tertiary alicyclic amines) is 1. The predicted molar refractivity (Wildman–Crippen MR) is 112 cm³/mol. The molecule has 2 fully saturated rings. The number of nitrogens with zero attached hydrogens (tertiary/aromatic N) is 3. The smallest absolute Gasteiger partial charge is 0.321 e. The van der Waals surface area contributed by atoms with Gasteiger partial charge in [0.1, 0.15) is 15.8 Å². The van der Waals surface area contributed by atoms with E-state index in [2.05, 4.69) is 15.5 Å². The molecular weight excluding hydrogens is 396 g/mol. The lowest BCUT2D eigenvalue weighted by Gasteiger charge is -2.31. The molecule has 0 radical (unpaired) electrons. The highest BCUT2D eigenvalue weighted by Crippen LogP contribution is 2.38. The second-order valence-corrected chi connectivity index (χ2v) is 9.00. The summed E-state index contributed by atoms with van der Waals surface area (Å²) in [6.45, 7) is 1.40. The number of amides is 2. The summed E-state index contributed by atoms with van der Waals surface area (Å²) >= 11 is 7.81. The van der Waals surface area contributed by atoms with Gasteiger partial charge in [0.25, 0.3) is 0 Å². The lowest BCUT2D eigenvalue weighted by atomic mass is 9.99. The summed E-state index contributed by atoms with van der Waals surface area (Å²) in [5.74, 6) is 1.44. The van der Waals surface area contributed by atoms with Crippen LogP contribution in [-0.2, 0) is 0 Å². The average molecular weight is 421 g/mol. The second kappa shape index (κ2) is 8.66. The van der Waals surface area contributed by atoms with E-state index in [0.717, 1.165) is 24.4 Å². The molecule has 1 aliphatic heterocycles. The Morgan fingerprint density at radius 3 is 2.64 bits per heavy atom. The number of halogens is 1. The van der Waals surface area contributed by atoms with E-state index in [1.54, 1.807) is 36.6 Å². The number of urea groups is 1. The molecule has 2 aromatic rings. The molecule has 28 heavy (non-hydrogen) atoms. The number of benzene rings is 1. The molecule has 1 atom stereocenters. The van der Waals surface area contributed by atoms with Crippen LogP contribution < -0.4 is 10.1 Å². The molecule has 4 rings (SSSR count). The van der Waals surface area contributed by atoms with Crippen LogP contribution in [0.5, 0.6) is 5.75 Å². The Kier molecular flexibility index (Phi) is 6.01. The minimum absolute atomic E-state index is 0.134. The van der Waals surface area contributed by atoms with Gasteiger partial charge in [-0.1, -0.05) is 24.4 Å². The van der Waals surface area contributed by atoms with E-state index in [-0.39, 0.29) is 11.9 Å². The summed E-state index contributed by atoms with van der Waals surface area (Å²) in [6, 6.07) is 5.07. The van der Waals surface area contributed by atoms with E-state index in [4.69, 9.17) is 16.3 Å². The molecule has 6 nitrogen and oxygen atoms in total. The standard InChI is InChI=1S/C20H25ClN4O2S/c1-27-17-9-8-15(21)11-16(17)22-20(26)25-10-4-7-14(12-25)19-24-23-18(28-19)13-5-2-3-6-13/h8-9,11,13-14H,2-7,10,12H2,1H3,(H,22,26). The van der Waals surface area contributed by atoms with Crippen LogP contribution in [0.25, 0.3) is 0 Å². The monoisotopic (exact) mass is 420 g/mol. The number of aromatic nitrogens is 2. The molecule has 1 unspecified atom stereocenters. The summed E-state index contributed by atoms with van der Waals surface area (Å²) in [4.78, 5) is 14.7. The minimum atomic E-state index is -0.134. The van der Waals surface area contributed by atoms with Crippen molar-refractivity contribution in [1.82, 2.24) is 15.1 Å². The number of hydrogen-bond donors (Lipinski definition) is 1. The number of piperidine rings is 1. The highest BCUT2D eigenvalue weighted by molar-refractivity contribution is 7.11. The minimum Gasteiger partial charge on any atom is -0.495 e. The Morgan fingerprint density at radius 2 is 1.89 bits per heavy atom.